The Hall–Kier alpha value is -1.59. The minimum atomic E-state index is -0.929. The summed E-state index contributed by atoms with van der Waals surface area (Å²) >= 11 is 0. The highest BCUT2D eigenvalue weighted by Gasteiger charge is 2.35. The van der Waals surface area contributed by atoms with Crippen LogP contribution < -0.4 is 10.9 Å². The molecule has 0 saturated heterocycles. The Labute approximate surface area is 132 Å². The first-order valence-electron chi connectivity index (χ1n) is 8.37. The first-order chi connectivity index (χ1) is 10.6. The highest BCUT2D eigenvalue weighted by molar-refractivity contribution is 5.87. The van der Waals surface area contributed by atoms with Crippen molar-refractivity contribution in [2.45, 2.75) is 71.1 Å². The summed E-state index contributed by atoms with van der Waals surface area (Å²) in [6, 6.07) is 0. The number of aliphatic carboxylic acids is 1. The van der Waals surface area contributed by atoms with Gasteiger partial charge in [-0.25, -0.2) is 0 Å². The second-order valence-electron chi connectivity index (χ2n) is 6.04. The monoisotopic (exact) mass is 312 g/mol. The van der Waals surface area contributed by atoms with Gasteiger partial charge in [0.1, 0.15) is 0 Å². The Kier molecular flexibility index (Phi) is 8.55. The molecule has 6 heteroatoms. The fourth-order valence-corrected chi connectivity index (χ4v) is 2.92. The van der Waals surface area contributed by atoms with Gasteiger partial charge in [-0.1, -0.05) is 45.4 Å². The number of carbonyl (C=O) groups excluding carboxylic acids is 2. The van der Waals surface area contributed by atoms with Crippen LogP contribution in [-0.2, 0) is 14.4 Å². The Morgan fingerprint density at radius 1 is 0.955 bits per heavy atom. The largest absolute Gasteiger partial charge is 0.481 e. The van der Waals surface area contributed by atoms with E-state index in [9.17, 15) is 14.4 Å². The van der Waals surface area contributed by atoms with Crippen molar-refractivity contribution in [3.63, 3.8) is 0 Å². The lowest BCUT2D eigenvalue weighted by molar-refractivity contribution is -0.149. The van der Waals surface area contributed by atoms with Crippen LogP contribution >= 0.6 is 0 Å². The van der Waals surface area contributed by atoms with Crippen LogP contribution in [-0.4, -0.2) is 22.9 Å². The van der Waals surface area contributed by atoms with E-state index in [1.165, 1.54) is 6.42 Å². The minimum Gasteiger partial charge on any atom is -0.481 e. The van der Waals surface area contributed by atoms with Crippen molar-refractivity contribution < 1.29 is 19.5 Å². The van der Waals surface area contributed by atoms with Gasteiger partial charge in [0.25, 0.3) is 0 Å². The quantitative estimate of drug-likeness (QED) is 0.473. The molecule has 0 bridgehead atoms. The molecule has 0 aromatic rings. The first-order valence-corrected chi connectivity index (χ1v) is 8.37. The van der Waals surface area contributed by atoms with E-state index < -0.39 is 17.8 Å². The number of hydrazine groups is 1. The molecule has 0 aliphatic heterocycles. The van der Waals surface area contributed by atoms with Crippen molar-refractivity contribution in [2.24, 2.45) is 11.8 Å². The third kappa shape index (κ3) is 6.45. The first kappa shape index (κ1) is 18.5. The number of unbranched alkanes of at least 4 members (excludes halogenated alkanes) is 4. The van der Waals surface area contributed by atoms with Gasteiger partial charge in [0, 0.05) is 6.42 Å². The zero-order valence-corrected chi connectivity index (χ0v) is 13.4. The van der Waals surface area contributed by atoms with Crippen LogP contribution in [0.5, 0.6) is 0 Å². The maximum atomic E-state index is 12.0. The Morgan fingerprint density at radius 3 is 2.23 bits per heavy atom. The van der Waals surface area contributed by atoms with E-state index in [-0.39, 0.29) is 11.8 Å². The van der Waals surface area contributed by atoms with Crippen LogP contribution in [0.15, 0.2) is 0 Å². The molecule has 1 saturated carbocycles. The van der Waals surface area contributed by atoms with Gasteiger partial charge in [-0.05, 0) is 19.3 Å². The summed E-state index contributed by atoms with van der Waals surface area (Å²) in [5.74, 6) is -2.71. The van der Waals surface area contributed by atoms with Crippen molar-refractivity contribution in [1.29, 1.82) is 0 Å². The molecule has 1 rings (SSSR count). The summed E-state index contributed by atoms with van der Waals surface area (Å²) in [4.78, 5) is 34.8. The van der Waals surface area contributed by atoms with E-state index in [1.54, 1.807) is 0 Å². The lowest BCUT2D eigenvalue weighted by Gasteiger charge is -2.27. The van der Waals surface area contributed by atoms with Crippen LogP contribution in [0.25, 0.3) is 0 Å². The van der Waals surface area contributed by atoms with Gasteiger partial charge in [0.2, 0.25) is 11.8 Å². The number of hydrogen-bond acceptors (Lipinski definition) is 3. The van der Waals surface area contributed by atoms with Gasteiger partial charge in [-0.3, -0.25) is 25.2 Å². The molecule has 1 aliphatic rings. The fraction of sp³-hybridized carbons (Fsp3) is 0.812. The molecule has 1 aliphatic carbocycles. The van der Waals surface area contributed by atoms with Gasteiger partial charge in [-0.2, -0.15) is 0 Å². The molecule has 22 heavy (non-hydrogen) atoms. The molecule has 2 atom stereocenters. The molecule has 126 valence electrons. The summed E-state index contributed by atoms with van der Waals surface area (Å²) in [5, 5.41) is 9.15. The standard InChI is InChI=1S/C16H28N2O4/c1-2-3-4-5-6-11-14(19)17-18-15(20)12-9-7-8-10-13(12)16(21)22/h12-13H,2-11H2,1H3,(H,17,19)(H,18,20)(H,21,22)/t12-,13+/m0/s1. The van der Waals surface area contributed by atoms with Crippen LogP contribution in [0.2, 0.25) is 0 Å². The van der Waals surface area contributed by atoms with Gasteiger partial charge >= 0.3 is 5.97 Å². The number of carbonyl (C=O) groups is 3. The van der Waals surface area contributed by atoms with Gasteiger partial charge in [0.15, 0.2) is 0 Å². The lowest BCUT2D eigenvalue weighted by Crippen LogP contribution is -2.47. The SMILES string of the molecule is CCCCCCCC(=O)NNC(=O)[C@H]1CCCC[C@H]1C(=O)O. The third-order valence-corrected chi connectivity index (χ3v) is 4.25. The van der Waals surface area contributed by atoms with Crippen molar-refractivity contribution in [2.75, 3.05) is 0 Å². The zero-order valence-electron chi connectivity index (χ0n) is 13.4. The topological polar surface area (TPSA) is 95.5 Å². The molecule has 6 nitrogen and oxygen atoms in total. The highest BCUT2D eigenvalue weighted by atomic mass is 16.4. The molecule has 0 heterocycles. The predicted molar refractivity (Wildman–Crippen MR) is 82.7 cm³/mol. The Bertz CT molecular complexity index is 384. The van der Waals surface area contributed by atoms with Gasteiger partial charge < -0.3 is 5.11 Å². The number of carboxylic acid groups (broad SMARTS) is 1. The second-order valence-corrected chi connectivity index (χ2v) is 6.04. The minimum absolute atomic E-state index is 0.215. The number of rotatable bonds is 8. The average Bonchev–Trinajstić information content (AvgIpc) is 2.52. The molecule has 0 aromatic heterocycles. The highest BCUT2D eigenvalue weighted by Crippen LogP contribution is 2.30. The van der Waals surface area contributed by atoms with E-state index >= 15 is 0 Å². The number of nitrogens with one attached hydrogen (secondary N) is 2. The molecule has 3 N–H and O–H groups in total. The predicted octanol–water partition coefficient (Wildman–Crippen LogP) is 2.39. The van der Waals surface area contributed by atoms with Crippen molar-refractivity contribution in [3.8, 4) is 0 Å². The summed E-state index contributed by atoms with van der Waals surface area (Å²) in [5.41, 5.74) is 4.79. The maximum Gasteiger partial charge on any atom is 0.307 e. The average molecular weight is 312 g/mol. The van der Waals surface area contributed by atoms with Crippen LogP contribution in [0.1, 0.15) is 71.1 Å². The Morgan fingerprint density at radius 2 is 1.59 bits per heavy atom. The molecule has 0 unspecified atom stereocenters. The van der Waals surface area contributed by atoms with E-state index in [2.05, 4.69) is 17.8 Å². The van der Waals surface area contributed by atoms with Crippen molar-refractivity contribution >= 4 is 17.8 Å². The maximum absolute atomic E-state index is 12.0. The van der Waals surface area contributed by atoms with E-state index in [1.807, 2.05) is 0 Å². The summed E-state index contributed by atoms with van der Waals surface area (Å²) < 4.78 is 0. The molecule has 0 aromatic carbocycles. The molecule has 0 radical (unpaired) electrons. The number of hydrogen-bond donors (Lipinski definition) is 3. The molecule has 1 fully saturated rings. The second kappa shape index (κ2) is 10.2. The molecular formula is C16H28N2O4. The fourth-order valence-electron chi connectivity index (χ4n) is 2.92. The Balaban J connectivity index is 2.26. The van der Waals surface area contributed by atoms with Crippen LogP contribution in [0.4, 0.5) is 0 Å². The van der Waals surface area contributed by atoms with E-state index in [0.29, 0.717) is 19.3 Å². The smallest absolute Gasteiger partial charge is 0.307 e. The van der Waals surface area contributed by atoms with Gasteiger partial charge in [0.05, 0.1) is 11.8 Å². The summed E-state index contributed by atoms with van der Waals surface area (Å²) in [6.07, 6.45) is 8.45. The van der Waals surface area contributed by atoms with Crippen LogP contribution in [0.3, 0.4) is 0 Å². The van der Waals surface area contributed by atoms with Crippen LogP contribution in [0, 0.1) is 11.8 Å². The summed E-state index contributed by atoms with van der Waals surface area (Å²) in [6.45, 7) is 2.14. The van der Waals surface area contributed by atoms with Crippen molar-refractivity contribution in [1.82, 2.24) is 10.9 Å². The van der Waals surface area contributed by atoms with E-state index in [0.717, 1.165) is 38.5 Å². The number of amides is 2. The van der Waals surface area contributed by atoms with Gasteiger partial charge in [-0.15, -0.1) is 0 Å². The molecular weight excluding hydrogens is 284 g/mol. The lowest BCUT2D eigenvalue weighted by atomic mass is 9.79. The number of carboxylic acids is 1. The normalized spacial score (nSPS) is 21.1. The molecule has 0 spiro atoms. The molecule has 2 amide bonds. The van der Waals surface area contributed by atoms with E-state index in [4.69, 9.17) is 5.11 Å². The van der Waals surface area contributed by atoms with Crippen molar-refractivity contribution in [3.05, 3.63) is 0 Å². The summed E-state index contributed by atoms with van der Waals surface area (Å²) in [7, 11) is 0. The zero-order chi connectivity index (χ0) is 16.4. The third-order valence-electron chi connectivity index (χ3n) is 4.25.